The number of nitrogens with two attached hydrogens (primary N) is 1. The Morgan fingerprint density at radius 2 is 1.76 bits per heavy atom. The molecule has 2 aliphatic heterocycles. The number of allylic oxidation sites excluding steroid dienone is 2. The van der Waals surface area contributed by atoms with Crippen molar-refractivity contribution in [1.29, 1.82) is 0 Å². The topological polar surface area (TPSA) is 138 Å². The van der Waals surface area contributed by atoms with Gasteiger partial charge in [-0.15, -0.1) is 23.2 Å². The van der Waals surface area contributed by atoms with Crippen LogP contribution in [0.15, 0.2) is 48.0 Å². The van der Waals surface area contributed by atoms with Gasteiger partial charge in [0, 0.05) is 16.9 Å². The summed E-state index contributed by atoms with van der Waals surface area (Å²) in [6.07, 6.45) is 1.58. The van der Waals surface area contributed by atoms with E-state index in [1.807, 2.05) is 12.1 Å². The van der Waals surface area contributed by atoms with Gasteiger partial charge in [-0.25, -0.2) is 4.79 Å². The number of phenolic OH excluding ortho intramolecular Hbond substituents is 1. The van der Waals surface area contributed by atoms with Crippen LogP contribution in [-0.4, -0.2) is 59.8 Å². The van der Waals surface area contributed by atoms with Crippen LogP contribution < -0.4 is 5.73 Å². The molecule has 2 aromatic carbocycles. The third-order valence-corrected chi connectivity index (χ3v) is 10.4. The van der Waals surface area contributed by atoms with Crippen LogP contribution in [0.5, 0.6) is 5.75 Å². The molecule has 12 heteroatoms. The summed E-state index contributed by atoms with van der Waals surface area (Å²) < 4.78 is 0. The number of amides is 6. The number of benzene rings is 2. The molecule has 4 aliphatic rings. The van der Waals surface area contributed by atoms with E-state index < -0.39 is 63.1 Å². The van der Waals surface area contributed by atoms with Crippen molar-refractivity contribution in [3.8, 4) is 5.75 Å². The lowest BCUT2D eigenvalue weighted by Crippen LogP contribution is -2.60. The molecule has 2 aliphatic carbocycles. The molecule has 2 heterocycles. The summed E-state index contributed by atoms with van der Waals surface area (Å²) in [5, 5.41) is 12.7. The van der Waals surface area contributed by atoms with Gasteiger partial charge in [-0.1, -0.05) is 64.0 Å². The van der Waals surface area contributed by atoms with E-state index in [9.17, 15) is 29.1 Å². The van der Waals surface area contributed by atoms with Gasteiger partial charge >= 0.3 is 6.03 Å². The van der Waals surface area contributed by atoms with Crippen LogP contribution in [-0.2, 0) is 19.2 Å². The van der Waals surface area contributed by atoms with E-state index in [1.165, 1.54) is 0 Å². The first-order valence-corrected chi connectivity index (χ1v) is 13.7. The van der Waals surface area contributed by atoms with Crippen LogP contribution in [0.25, 0.3) is 10.8 Å². The van der Waals surface area contributed by atoms with Crippen molar-refractivity contribution >= 4 is 79.6 Å². The molecule has 3 fully saturated rings. The first-order chi connectivity index (χ1) is 18.0. The van der Waals surface area contributed by atoms with Gasteiger partial charge in [0.15, 0.2) is 9.75 Å². The van der Waals surface area contributed by atoms with Crippen molar-refractivity contribution in [2.75, 3.05) is 5.45 Å². The molecule has 1 saturated carbocycles. The number of hydrogen-bond acceptors (Lipinski definition) is 6. The normalized spacial score (nSPS) is 34.3. The van der Waals surface area contributed by atoms with Crippen molar-refractivity contribution < 1.29 is 29.1 Å². The minimum Gasteiger partial charge on any atom is -0.507 e. The summed E-state index contributed by atoms with van der Waals surface area (Å²) >= 11 is 17.4. The number of aromatic hydroxyl groups is 1. The van der Waals surface area contributed by atoms with Crippen molar-refractivity contribution in [2.45, 2.75) is 28.5 Å². The number of rotatable bonds is 2. The molecule has 2 aromatic rings. The van der Waals surface area contributed by atoms with Crippen molar-refractivity contribution in [1.82, 2.24) is 9.80 Å². The maximum Gasteiger partial charge on any atom is 0.328 e. The zero-order chi connectivity index (χ0) is 27.3. The molecule has 6 atom stereocenters. The standard InChI is InChI=1S/C26H20BrCl2N3O6/c27-10-31-22(36)25(28)9-16-13(7-8-14-17(16)21(35)32(20(14)34)24(30)38)18(26(25,29)23(31)37)15-6-5-11-3-1-2-4-12(11)19(15)33/h1-7,14,16-18,33H,8-10H2,(H2,30,38)/t14-,16+,17-,18+,25+,26-/m0/s1. The maximum absolute atomic E-state index is 13.8. The number of carbonyl (C=O) groups excluding carboxylic acids is 5. The van der Waals surface area contributed by atoms with Gasteiger partial charge in [0.25, 0.3) is 11.8 Å². The molecule has 2 saturated heterocycles. The number of urea groups is 1. The van der Waals surface area contributed by atoms with Crippen LogP contribution in [0.2, 0.25) is 0 Å². The molecule has 3 N–H and O–H groups in total. The second-order valence-corrected chi connectivity index (χ2v) is 11.8. The zero-order valence-electron chi connectivity index (χ0n) is 19.6. The Morgan fingerprint density at radius 3 is 2.45 bits per heavy atom. The average molecular weight is 621 g/mol. The number of primary amides is 1. The third kappa shape index (κ3) is 2.91. The van der Waals surface area contributed by atoms with Gasteiger partial charge in [-0.3, -0.25) is 24.1 Å². The lowest BCUT2D eigenvalue weighted by atomic mass is 9.56. The molecule has 9 nitrogen and oxygen atoms in total. The highest BCUT2D eigenvalue weighted by molar-refractivity contribution is 9.09. The zero-order valence-corrected chi connectivity index (χ0v) is 22.7. The molecule has 0 aromatic heterocycles. The Labute approximate surface area is 234 Å². The Bertz CT molecular complexity index is 1530. The minimum absolute atomic E-state index is 0.0856. The lowest BCUT2D eigenvalue weighted by Gasteiger charge is -2.50. The Hall–Kier alpha value is -2.95. The van der Waals surface area contributed by atoms with E-state index in [2.05, 4.69) is 15.9 Å². The first kappa shape index (κ1) is 25.3. The SMILES string of the molecule is NC(=O)N1C(=O)[C@H]2[C@H](CC=C3[C@H]2C[C@@]2(Cl)C(=O)N(CBr)C(=O)[C@@]2(Cl)[C@H]3c2ccc3ccccc3c2O)C1=O. The summed E-state index contributed by atoms with van der Waals surface area (Å²) in [6.45, 7) is 0. The van der Waals surface area contributed by atoms with Crippen LogP contribution in [0, 0.1) is 17.8 Å². The molecular weight excluding hydrogens is 601 g/mol. The molecule has 196 valence electrons. The fourth-order valence-corrected chi connectivity index (χ4v) is 8.24. The quantitative estimate of drug-likeness (QED) is 0.229. The fourth-order valence-electron chi connectivity index (χ4n) is 6.82. The number of nitrogens with zero attached hydrogens (tertiary/aromatic N) is 2. The third-order valence-electron chi connectivity index (χ3n) is 8.48. The lowest BCUT2D eigenvalue weighted by molar-refractivity contribution is -0.139. The average Bonchev–Trinajstić information content (AvgIpc) is 3.23. The van der Waals surface area contributed by atoms with Gasteiger partial charge in [-0.2, -0.15) is 4.90 Å². The number of alkyl halides is 3. The molecule has 0 spiro atoms. The van der Waals surface area contributed by atoms with Gasteiger partial charge in [0.05, 0.1) is 17.3 Å². The predicted octanol–water partition coefficient (Wildman–Crippen LogP) is 3.34. The summed E-state index contributed by atoms with van der Waals surface area (Å²) in [5.41, 5.74) is 5.95. The highest BCUT2D eigenvalue weighted by atomic mass is 79.9. The molecule has 0 radical (unpaired) electrons. The largest absolute Gasteiger partial charge is 0.507 e. The number of likely N-dealkylation sites (tertiary alicyclic amines) is 2. The van der Waals surface area contributed by atoms with E-state index in [0.29, 0.717) is 15.9 Å². The fraction of sp³-hybridized carbons (Fsp3) is 0.346. The van der Waals surface area contributed by atoms with Crippen LogP contribution in [0.3, 0.4) is 0 Å². The van der Waals surface area contributed by atoms with Gasteiger partial charge < -0.3 is 10.8 Å². The number of carbonyl (C=O) groups is 5. The second kappa shape index (κ2) is 8.27. The van der Waals surface area contributed by atoms with E-state index in [1.54, 1.807) is 30.3 Å². The number of fused-ring (bicyclic) bond motifs is 5. The van der Waals surface area contributed by atoms with Crippen molar-refractivity contribution in [2.24, 2.45) is 23.5 Å². The van der Waals surface area contributed by atoms with Crippen LogP contribution in [0.1, 0.15) is 24.3 Å². The second-order valence-electron chi connectivity index (χ2n) is 10.1. The summed E-state index contributed by atoms with van der Waals surface area (Å²) in [7, 11) is 0. The van der Waals surface area contributed by atoms with E-state index in [4.69, 9.17) is 28.9 Å². The number of imide groups is 4. The molecule has 38 heavy (non-hydrogen) atoms. The summed E-state index contributed by atoms with van der Waals surface area (Å²) in [4.78, 5) is 63.0. The van der Waals surface area contributed by atoms with Crippen molar-refractivity contribution in [3.05, 3.63) is 53.6 Å². The highest BCUT2D eigenvalue weighted by Crippen LogP contribution is 2.66. The highest BCUT2D eigenvalue weighted by Gasteiger charge is 2.76. The van der Waals surface area contributed by atoms with E-state index >= 15 is 0 Å². The summed E-state index contributed by atoms with van der Waals surface area (Å²) in [5.74, 6) is -6.94. The number of phenols is 1. The molecular formula is C26H20BrCl2N3O6. The monoisotopic (exact) mass is 619 g/mol. The van der Waals surface area contributed by atoms with E-state index in [0.717, 1.165) is 10.3 Å². The van der Waals surface area contributed by atoms with Gasteiger partial charge in [0.1, 0.15) is 5.75 Å². The van der Waals surface area contributed by atoms with Crippen LogP contribution in [0.4, 0.5) is 4.79 Å². The minimum atomic E-state index is -2.04. The Kier molecular flexibility index (Phi) is 5.52. The van der Waals surface area contributed by atoms with Crippen molar-refractivity contribution in [3.63, 3.8) is 0 Å². The first-order valence-electron chi connectivity index (χ1n) is 11.9. The van der Waals surface area contributed by atoms with Gasteiger partial charge in [0.2, 0.25) is 11.8 Å². The number of halogens is 3. The molecule has 0 bridgehead atoms. The predicted molar refractivity (Wildman–Crippen MR) is 140 cm³/mol. The Morgan fingerprint density at radius 1 is 1.05 bits per heavy atom. The maximum atomic E-state index is 13.8. The van der Waals surface area contributed by atoms with Crippen LogP contribution >= 0.6 is 39.1 Å². The smallest absolute Gasteiger partial charge is 0.328 e. The molecule has 6 amide bonds. The Balaban J connectivity index is 1.61. The summed E-state index contributed by atoms with van der Waals surface area (Å²) in [6, 6.07) is 9.30. The van der Waals surface area contributed by atoms with Gasteiger partial charge in [-0.05, 0) is 24.1 Å². The van der Waals surface area contributed by atoms with E-state index in [-0.39, 0.29) is 29.6 Å². The number of hydrogen-bond donors (Lipinski definition) is 2. The molecule has 6 rings (SSSR count). The molecule has 0 unspecified atom stereocenters.